The molecule has 1 saturated heterocycles. The Morgan fingerprint density at radius 1 is 1.43 bits per heavy atom. The summed E-state index contributed by atoms with van der Waals surface area (Å²) in [4.78, 5) is 19.8. The molecule has 9 heteroatoms. The van der Waals surface area contributed by atoms with Crippen LogP contribution in [0.5, 0.6) is 0 Å². The first kappa shape index (κ1) is 17.8. The van der Waals surface area contributed by atoms with E-state index in [1.165, 1.54) is 14.9 Å². The van der Waals surface area contributed by atoms with E-state index in [-0.39, 0.29) is 11.8 Å². The molecule has 2 rings (SSSR count). The van der Waals surface area contributed by atoms with Gasteiger partial charge in [-0.2, -0.15) is 17.0 Å². The molecule has 0 bridgehead atoms. The second kappa shape index (κ2) is 7.33. The number of carbonyl (C=O) groups excluding carboxylic acids is 1. The van der Waals surface area contributed by atoms with Gasteiger partial charge in [-0.1, -0.05) is 0 Å². The summed E-state index contributed by atoms with van der Waals surface area (Å²) in [5.41, 5.74) is 1.08. The zero-order chi connectivity index (χ0) is 17.0. The molecule has 1 fully saturated rings. The summed E-state index contributed by atoms with van der Waals surface area (Å²) in [5.74, 6) is -0.0694. The van der Waals surface area contributed by atoms with E-state index in [9.17, 15) is 13.2 Å². The topological polar surface area (TPSA) is 95.5 Å². The molecule has 128 valence electrons. The number of nitrogens with one attached hydrogen (secondary N) is 1. The van der Waals surface area contributed by atoms with Crippen LogP contribution < -0.4 is 5.32 Å². The van der Waals surface area contributed by atoms with Crippen molar-refractivity contribution in [3.8, 4) is 0 Å². The van der Waals surface area contributed by atoms with Crippen LogP contribution in [0.25, 0.3) is 0 Å². The number of aromatic nitrogens is 2. The lowest BCUT2D eigenvalue weighted by atomic mass is 9.94. The summed E-state index contributed by atoms with van der Waals surface area (Å²) in [6, 6.07) is 1.66. The quantitative estimate of drug-likeness (QED) is 0.807. The maximum atomic E-state index is 12.2. The van der Waals surface area contributed by atoms with E-state index in [0.29, 0.717) is 25.2 Å². The Balaban J connectivity index is 2.07. The van der Waals surface area contributed by atoms with Gasteiger partial charge in [-0.15, -0.1) is 0 Å². The highest BCUT2D eigenvalue weighted by Gasteiger charge is 2.30. The van der Waals surface area contributed by atoms with Crippen molar-refractivity contribution in [3.05, 3.63) is 23.8 Å². The van der Waals surface area contributed by atoms with Crippen LogP contribution in [-0.4, -0.2) is 67.1 Å². The minimum atomic E-state index is -3.38. The first-order valence-corrected chi connectivity index (χ1v) is 8.95. The number of hydrogen-bond acceptors (Lipinski definition) is 5. The predicted molar refractivity (Wildman–Crippen MR) is 86.0 cm³/mol. The lowest BCUT2D eigenvalue weighted by Crippen LogP contribution is -2.45. The number of nitrogens with zero attached hydrogens (tertiary/aromatic N) is 4. The Bertz CT molecular complexity index is 662. The second-order valence-corrected chi connectivity index (χ2v) is 7.98. The zero-order valence-electron chi connectivity index (χ0n) is 13.7. The molecule has 2 heterocycles. The van der Waals surface area contributed by atoms with Crippen LogP contribution in [0.4, 0.5) is 0 Å². The molecule has 0 radical (unpaired) electrons. The van der Waals surface area contributed by atoms with E-state index in [0.717, 1.165) is 18.5 Å². The molecule has 1 amide bonds. The van der Waals surface area contributed by atoms with Crippen molar-refractivity contribution in [3.63, 3.8) is 0 Å². The smallest absolute Gasteiger partial charge is 0.281 e. The Morgan fingerprint density at radius 3 is 2.83 bits per heavy atom. The third kappa shape index (κ3) is 4.24. The van der Waals surface area contributed by atoms with Gasteiger partial charge >= 0.3 is 0 Å². The molecule has 1 aromatic rings. The van der Waals surface area contributed by atoms with Crippen molar-refractivity contribution in [1.29, 1.82) is 0 Å². The Kier molecular flexibility index (Phi) is 5.66. The van der Waals surface area contributed by atoms with Gasteiger partial charge in [-0.25, -0.2) is 9.97 Å². The van der Waals surface area contributed by atoms with E-state index < -0.39 is 10.2 Å². The van der Waals surface area contributed by atoms with Gasteiger partial charge in [0.15, 0.2) is 0 Å². The number of piperidine rings is 1. The predicted octanol–water partition coefficient (Wildman–Crippen LogP) is -0.103. The van der Waals surface area contributed by atoms with E-state index in [1.54, 1.807) is 27.2 Å². The summed E-state index contributed by atoms with van der Waals surface area (Å²) in [7, 11) is 1.25. The van der Waals surface area contributed by atoms with Crippen LogP contribution in [0.2, 0.25) is 0 Å². The van der Waals surface area contributed by atoms with Gasteiger partial charge in [0, 0.05) is 39.9 Å². The van der Waals surface area contributed by atoms with Crippen molar-refractivity contribution in [2.45, 2.75) is 19.3 Å². The van der Waals surface area contributed by atoms with Gasteiger partial charge in [0.25, 0.3) is 16.1 Å². The molecule has 0 aliphatic carbocycles. The first-order valence-electron chi connectivity index (χ1n) is 7.55. The van der Waals surface area contributed by atoms with Gasteiger partial charge < -0.3 is 5.32 Å². The summed E-state index contributed by atoms with van der Waals surface area (Å²) < 4.78 is 27.2. The van der Waals surface area contributed by atoms with Crippen LogP contribution >= 0.6 is 0 Å². The van der Waals surface area contributed by atoms with Crippen molar-refractivity contribution in [2.75, 3.05) is 34.2 Å². The van der Waals surface area contributed by atoms with Crippen LogP contribution in [0, 0.1) is 5.92 Å². The molecular formula is C14H23N5O3S. The summed E-state index contributed by atoms with van der Waals surface area (Å²) in [6.07, 6.45) is 3.77. The molecule has 1 unspecified atom stereocenters. The lowest BCUT2D eigenvalue weighted by Gasteiger charge is -2.33. The third-order valence-corrected chi connectivity index (χ3v) is 5.86. The zero-order valence-corrected chi connectivity index (χ0v) is 14.5. The van der Waals surface area contributed by atoms with Gasteiger partial charge in [0.05, 0.1) is 0 Å². The fourth-order valence-electron chi connectivity index (χ4n) is 2.69. The van der Waals surface area contributed by atoms with E-state index >= 15 is 0 Å². The van der Waals surface area contributed by atoms with Crippen LogP contribution in [0.15, 0.2) is 12.4 Å². The van der Waals surface area contributed by atoms with Crippen molar-refractivity contribution < 1.29 is 13.2 Å². The SMILES string of the molecule is CNC(=O)c1cc(CC2CCCN(S(=O)(=O)N(C)C)C2)ncn1. The highest BCUT2D eigenvalue weighted by Crippen LogP contribution is 2.23. The Hall–Kier alpha value is -1.58. The standard InChI is InChI=1S/C14H23N5O3S/c1-15-14(20)13-8-12(16-10-17-13)7-11-5-4-6-19(9-11)23(21,22)18(2)3/h8,10-11H,4-7,9H2,1-3H3,(H,15,20). The van der Waals surface area contributed by atoms with Crippen molar-refractivity contribution in [1.82, 2.24) is 23.9 Å². The number of amides is 1. The monoisotopic (exact) mass is 341 g/mol. The molecule has 0 aromatic carbocycles. The highest BCUT2D eigenvalue weighted by molar-refractivity contribution is 7.86. The molecule has 8 nitrogen and oxygen atoms in total. The summed E-state index contributed by atoms with van der Waals surface area (Å²) in [6.45, 7) is 1.02. The van der Waals surface area contributed by atoms with Crippen molar-refractivity contribution >= 4 is 16.1 Å². The fraction of sp³-hybridized carbons (Fsp3) is 0.643. The van der Waals surface area contributed by atoms with Gasteiger partial charge in [0.1, 0.15) is 12.0 Å². The van der Waals surface area contributed by atoms with Gasteiger partial charge in [0.2, 0.25) is 0 Å². The average molecular weight is 341 g/mol. The van der Waals surface area contributed by atoms with Gasteiger partial charge in [-0.05, 0) is 31.2 Å². The Morgan fingerprint density at radius 2 is 2.17 bits per heavy atom. The first-order chi connectivity index (χ1) is 10.8. The normalized spacial score (nSPS) is 19.7. The summed E-state index contributed by atoms with van der Waals surface area (Å²) >= 11 is 0. The lowest BCUT2D eigenvalue weighted by molar-refractivity contribution is 0.0957. The van der Waals surface area contributed by atoms with Crippen LogP contribution in [0.1, 0.15) is 29.0 Å². The average Bonchev–Trinajstić information content (AvgIpc) is 2.54. The molecule has 0 saturated carbocycles. The van der Waals surface area contributed by atoms with Crippen LogP contribution in [-0.2, 0) is 16.6 Å². The minimum absolute atomic E-state index is 0.186. The van der Waals surface area contributed by atoms with E-state index in [2.05, 4.69) is 15.3 Å². The fourth-order valence-corrected chi connectivity index (χ4v) is 3.91. The van der Waals surface area contributed by atoms with Gasteiger partial charge in [-0.3, -0.25) is 4.79 Å². The van der Waals surface area contributed by atoms with E-state index in [1.807, 2.05) is 0 Å². The number of hydrogen-bond donors (Lipinski definition) is 1. The number of carbonyl (C=O) groups is 1. The molecule has 23 heavy (non-hydrogen) atoms. The Labute approximate surface area is 137 Å². The largest absolute Gasteiger partial charge is 0.354 e. The summed E-state index contributed by atoms with van der Waals surface area (Å²) in [5, 5.41) is 2.53. The molecular weight excluding hydrogens is 318 g/mol. The highest BCUT2D eigenvalue weighted by atomic mass is 32.2. The maximum Gasteiger partial charge on any atom is 0.281 e. The molecule has 1 aliphatic heterocycles. The maximum absolute atomic E-state index is 12.2. The third-order valence-electron chi connectivity index (χ3n) is 3.95. The van der Waals surface area contributed by atoms with Crippen LogP contribution in [0.3, 0.4) is 0 Å². The molecule has 1 aliphatic rings. The molecule has 1 N–H and O–H groups in total. The molecule has 1 aromatic heterocycles. The molecule has 1 atom stereocenters. The minimum Gasteiger partial charge on any atom is -0.354 e. The second-order valence-electron chi connectivity index (χ2n) is 5.83. The van der Waals surface area contributed by atoms with E-state index in [4.69, 9.17) is 0 Å². The molecule has 0 spiro atoms. The van der Waals surface area contributed by atoms with Crippen molar-refractivity contribution in [2.24, 2.45) is 5.92 Å². The number of rotatable bonds is 5.